The SMILES string of the molecule is C[C@H](Oc1ccc(S(C)(=O)=O)cc1C(=O)N1CCN(c2ccc(S(C)(=O)=O)cc2)CC1)C(F)(F)F. The monoisotopic (exact) mass is 534 g/mol. The molecule has 2 aromatic rings. The number of benzene rings is 2. The number of sulfone groups is 2. The number of alkyl halides is 3. The van der Waals surface area contributed by atoms with E-state index >= 15 is 0 Å². The Hall–Kier alpha value is -2.80. The lowest BCUT2D eigenvalue weighted by Gasteiger charge is -2.36. The molecule has 0 aliphatic carbocycles. The summed E-state index contributed by atoms with van der Waals surface area (Å²) in [5, 5.41) is 0. The normalized spacial score (nSPS) is 16.2. The van der Waals surface area contributed by atoms with Gasteiger partial charge in [0.05, 0.1) is 15.4 Å². The topological polar surface area (TPSA) is 101 Å². The average Bonchev–Trinajstić information content (AvgIpc) is 2.77. The van der Waals surface area contributed by atoms with Crippen molar-refractivity contribution in [2.45, 2.75) is 29.0 Å². The molecule has 0 unspecified atom stereocenters. The highest BCUT2D eigenvalue weighted by atomic mass is 32.2. The molecule has 1 amide bonds. The number of anilines is 1. The van der Waals surface area contributed by atoms with E-state index in [2.05, 4.69) is 0 Å². The summed E-state index contributed by atoms with van der Waals surface area (Å²) in [5.41, 5.74) is 0.488. The Bertz CT molecular complexity index is 1300. The Kier molecular flexibility index (Phi) is 7.42. The molecule has 13 heteroatoms. The van der Waals surface area contributed by atoms with Gasteiger partial charge in [-0.2, -0.15) is 13.2 Å². The third-order valence-electron chi connectivity index (χ3n) is 5.57. The quantitative estimate of drug-likeness (QED) is 0.562. The number of rotatable bonds is 6. The summed E-state index contributed by atoms with van der Waals surface area (Å²) < 4.78 is 91.3. The summed E-state index contributed by atoms with van der Waals surface area (Å²) in [6.45, 7) is 1.98. The fourth-order valence-corrected chi connectivity index (χ4v) is 4.79. The van der Waals surface area contributed by atoms with E-state index in [1.165, 1.54) is 17.0 Å². The first-order chi connectivity index (χ1) is 16.1. The van der Waals surface area contributed by atoms with Crippen molar-refractivity contribution < 1.29 is 39.5 Å². The van der Waals surface area contributed by atoms with Crippen LogP contribution in [0.5, 0.6) is 5.75 Å². The Balaban J connectivity index is 1.81. The van der Waals surface area contributed by atoms with Crippen LogP contribution in [0.25, 0.3) is 0 Å². The number of hydrogen-bond donors (Lipinski definition) is 0. The van der Waals surface area contributed by atoms with Crippen LogP contribution in [-0.4, -0.2) is 78.6 Å². The first-order valence-electron chi connectivity index (χ1n) is 10.5. The molecule has 1 atom stereocenters. The lowest BCUT2D eigenvalue weighted by Crippen LogP contribution is -2.49. The molecule has 1 saturated heterocycles. The van der Waals surface area contributed by atoms with E-state index in [1.54, 1.807) is 12.1 Å². The highest BCUT2D eigenvalue weighted by Gasteiger charge is 2.39. The van der Waals surface area contributed by atoms with Crippen LogP contribution < -0.4 is 9.64 Å². The summed E-state index contributed by atoms with van der Waals surface area (Å²) in [4.78, 5) is 16.5. The molecular weight excluding hydrogens is 509 g/mol. The molecule has 35 heavy (non-hydrogen) atoms. The molecule has 0 radical (unpaired) electrons. The van der Waals surface area contributed by atoms with Crippen molar-refractivity contribution in [3.63, 3.8) is 0 Å². The maximum atomic E-state index is 13.2. The fraction of sp³-hybridized carbons (Fsp3) is 0.409. The number of hydrogen-bond acceptors (Lipinski definition) is 7. The average molecular weight is 535 g/mol. The summed E-state index contributed by atoms with van der Waals surface area (Å²) in [6, 6.07) is 9.50. The molecule has 8 nitrogen and oxygen atoms in total. The van der Waals surface area contributed by atoms with Gasteiger partial charge in [-0.15, -0.1) is 0 Å². The van der Waals surface area contributed by atoms with Gasteiger partial charge in [-0.1, -0.05) is 0 Å². The van der Waals surface area contributed by atoms with Crippen LogP contribution in [0.2, 0.25) is 0 Å². The highest BCUT2D eigenvalue weighted by Crippen LogP contribution is 2.30. The van der Waals surface area contributed by atoms with Crippen molar-refractivity contribution >= 4 is 31.3 Å². The lowest BCUT2D eigenvalue weighted by atomic mass is 10.1. The smallest absolute Gasteiger partial charge is 0.425 e. The third-order valence-corrected chi connectivity index (χ3v) is 7.81. The van der Waals surface area contributed by atoms with Gasteiger partial charge in [0, 0.05) is 44.4 Å². The first kappa shape index (κ1) is 26.8. The molecular formula is C22H25F3N2O6S2. The summed E-state index contributed by atoms with van der Waals surface area (Å²) in [5.74, 6) is -1.00. The van der Waals surface area contributed by atoms with Gasteiger partial charge in [0.2, 0.25) is 0 Å². The standard InChI is InChI=1S/C22H25F3N2O6S2/c1-15(22(23,24)25)33-20-9-8-18(35(3,31)32)14-19(20)21(28)27-12-10-26(11-13-27)16-4-6-17(7-5-16)34(2,29)30/h4-9,14-15H,10-13H2,1-3H3/t15-/m0/s1. The van der Waals surface area contributed by atoms with E-state index in [4.69, 9.17) is 4.74 Å². The molecule has 1 fully saturated rings. The summed E-state index contributed by atoms with van der Waals surface area (Å²) in [6.07, 6.45) is -4.83. The number of piperazine rings is 1. The van der Waals surface area contributed by atoms with Crippen molar-refractivity contribution in [1.82, 2.24) is 4.90 Å². The molecule has 1 heterocycles. The fourth-order valence-electron chi connectivity index (χ4n) is 3.51. The largest absolute Gasteiger partial charge is 0.480 e. The zero-order valence-electron chi connectivity index (χ0n) is 19.2. The van der Waals surface area contributed by atoms with E-state index in [9.17, 15) is 34.8 Å². The molecule has 1 aliphatic rings. The number of nitrogens with zero attached hydrogens (tertiary/aromatic N) is 2. The van der Waals surface area contributed by atoms with Gasteiger partial charge in [-0.3, -0.25) is 4.79 Å². The van der Waals surface area contributed by atoms with E-state index in [1.807, 2.05) is 4.90 Å². The zero-order valence-corrected chi connectivity index (χ0v) is 20.9. The maximum Gasteiger partial charge on any atom is 0.425 e. The Morgan fingerprint density at radius 3 is 1.89 bits per heavy atom. The van der Waals surface area contributed by atoms with Crippen LogP contribution in [0.4, 0.5) is 18.9 Å². The van der Waals surface area contributed by atoms with Gasteiger partial charge in [0.25, 0.3) is 5.91 Å². The third kappa shape index (κ3) is 6.45. The van der Waals surface area contributed by atoms with Crippen LogP contribution in [0.1, 0.15) is 17.3 Å². The van der Waals surface area contributed by atoms with Crippen LogP contribution in [0.3, 0.4) is 0 Å². The van der Waals surface area contributed by atoms with E-state index in [0.717, 1.165) is 43.3 Å². The van der Waals surface area contributed by atoms with E-state index in [0.29, 0.717) is 13.1 Å². The minimum Gasteiger partial charge on any atom is -0.480 e. The minimum absolute atomic E-state index is 0.182. The van der Waals surface area contributed by atoms with Gasteiger partial charge in [0.15, 0.2) is 25.8 Å². The van der Waals surface area contributed by atoms with Crippen molar-refractivity contribution in [2.24, 2.45) is 0 Å². The molecule has 0 aromatic heterocycles. The Morgan fingerprint density at radius 1 is 0.886 bits per heavy atom. The van der Waals surface area contributed by atoms with Crippen molar-refractivity contribution in [3.8, 4) is 5.75 Å². The molecule has 0 saturated carbocycles. The minimum atomic E-state index is -4.67. The van der Waals surface area contributed by atoms with Gasteiger partial charge >= 0.3 is 6.18 Å². The molecule has 0 N–H and O–H groups in total. The van der Waals surface area contributed by atoms with Gasteiger partial charge < -0.3 is 14.5 Å². The molecule has 3 rings (SSSR count). The van der Waals surface area contributed by atoms with Gasteiger partial charge in [0.1, 0.15) is 5.75 Å². The number of ether oxygens (including phenoxy) is 1. The molecule has 0 bridgehead atoms. The predicted octanol–water partition coefficient (Wildman–Crippen LogP) is 2.79. The Morgan fingerprint density at radius 2 is 1.40 bits per heavy atom. The van der Waals surface area contributed by atoms with E-state index < -0.39 is 37.9 Å². The molecule has 0 spiro atoms. The lowest BCUT2D eigenvalue weighted by molar-refractivity contribution is -0.189. The van der Waals surface area contributed by atoms with Crippen molar-refractivity contribution in [1.29, 1.82) is 0 Å². The Labute approximate surface area is 202 Å². The second-order valence-corrected chi connectivity index (χ2v) is 12.3. The van der Waals surface area contributed by atoms with Crippen molar-refractivity contribution in [3.05, 3.63) is 48.0 Å². The van der Waals surface area contributed by atoms with E-state index in [-0.39, 0.29) is 34.2 Å². The van der Waals surface area contributed by atoms with Crippen LogP contribution >= 0.6 is 0 Å². The van der Waals surface area contributed by atoms with Crippen LogP contribution in [-0.2, 0) is 19.7 Å². The predicted molar refractivity (Wildman–Crippen MR) is 123 cm³/mol. The van der Waals surface area contributed by atoms with Gasteiger partial charge in [-0.25, -0.2) is 16.8 Å². The van der Waals surface area contributed by atoms with Crippen molar-refractivity contribution in [2.75, 3.05) is 43.6 Å². The highest BCUT2D eigenvalue weighted by molar-refractivity contribution is 7.91. The number of halogens is 3. The van der Waals surface area contributed by atoms with Gasteiger partial charge in [-0.05, 0) is 49.4 Å². The number of amides is 1. The number of carbonyl (C=O) groups is 1. The van der Waals surface area contributed by atoms with Crippen LogP contribution in [0, 0.1) is 0 Å². The molecule has 192 valence electrons. The van der Waals surface area contributed by atoms with Crippen LogP contribution in [0.15, 0.2) is 52.3 Å². The molecule has 2 aromatic carbocycles. The molecule has 1 aliphatic heterocycles. The second kappa shape index (κ2) is 9.69. The first-order valence-corrected chi connectivity index (χ1v) is 14.3. The number of carbonyl (C=O) groups excluding carboxylic acids is 1. The second-order valence-electron chi connectivity index (χ2n) is 8.28. The summed E-state index contributed by atoms with van der Waals surface area (Å²) in [7, 11) is -7.06. The zero-order chi connectivity index (χ0) is 26.2. The maximum absolute atomic E-state index is 13.2. The summed E-state index contributed by atoms with van der Waals surface area (Å²) >= 11 is 0.